The van der Waals surface area contributed by atoms with E-state index in [1.807, 2.05) is 0 Å². The first-order chi connectivity index (χ1) is 21.9. The van der Waals surface area contributed by atoms with E-state index in [0.29, 0.717) is 12.8 Å². The summed E-state index contributed by atoms with van der Waals surface area (Å²) in [7, 11) is 0. The van der Waals surface area contributed by atoms with Gasteiger partial charge in [0, 0.05) is 6.42 Å². The lowest BCUT2D eigenvalue weighted by Crippen LogP contribution is -2.55. The predicted octanol–water partition coefficient (Wildman–Crippen LogP) is 7.47. The van der Waals surface area contributed by atoms with Crippen LogP contribution in [0.5, 0.6) is 0 Å². The molecule has 45 heavy (non-hydrogen) atoms. The third-order valence-electron chi connectivity index (χ3n) is 9.32. The molecule has 8 heteroatoms. The second-order valence-corrected chi connectivity index (χ2v) is 13.6. The van der Waals surface area contributed by atoms with Gasteiger partial charge in [-0.25, -0.2) is 0 Å². The molecular weight excluding hydrogens is 570 g/mol. The number of ether oxygens (including phenoxy) is 2. The Morgan fingerprint density at radius 3 is 1.56 bits per heavy atom. The number of aliphatic hydroxyl groups is 4. The maximum Gasteiger partial charge on any atom is 0.220 e. The van der Waals surface area contributed by atoms with Crippen molar-refractivity contribution in [1.29, 1.82) is 0 Å². The summed E-state index contributed by atoms with van der Waals surface area (Å²) in [6, 6.07) is -0.637. The first kappa shape index (κ1) is 42.3. The van der Waals surface area contributed by atoms with Crippen LogP contribution in [0, 0.1) is 0 Å². The van der Waals surface area contributed by atoms with Gasteiger partial charge in [0.25, 0.3) is 0 Å². The molecule has 5 N–H and O–H groups in total. The van der Waals surface area contributed by atoms with E-state index in [2.05, 4.69) is 19.2 Å². The van der Waals surface area contributed by atoms with Crippen LogP contribution in [0.4, 0.5) is 0 Å². The van der Waals surface area contributed by atoms with E-state index in [0.717, 1.165) is 38.5 Å². The summed E-state index contributed by atoms with van der Waals surface area (Å²) in [6.07, 6.45) is 24.9. The zero-order valence-corrected chi connectivity index (χ0v) is 29.3. The second kappa shape index (κ2) is 29.4. The van der Waals surface area contributed by atoms with Crippen molar-refractivity contribution in [2.75, 3.05) is 13.2 Å². The van der Waals surface area contributed by atoms with Crippen LogP contribution < -0.4 is 5.32 Å². The van der Waals surface area contributed by atoms with Gasteiger partial charge in [0.2, 0.25) is 5.91 Å². The molecule has 1 saturated heterocycles. The summed E-state index contributed by atoms with van der Waals surface area (Å²) in [5.74, 6) is -0.107. The fraction of sp³-hybridized carbons (Fsp3) is 0.973. The van der Waals surface area contributed by atoms with Gasteiger partial charge in [-0.1, -0.05) is 162 Å². The Kier molecular flexibility index (Phi) is 27.6. The molecular formula is C37H73NO7. The zero-order valence-electron chi connectivity index (χ0n) is 29.3. The molecule has 1 aliphatic heterocycles. The van der Waals surface area contributed by atoms with Crippen LogP contribution in [0.15, 0.2) is 0 Å². The predicted molar refractivity (Wildman–Crippen MR) is 183 cm³/mol. The van der Waals surface area contributed by atoms with E-state index in [1.165, 1.54) is 116 Å². The van der Waals surface area contributed by atoms with E-state index in [1.54, 1.807) is 0 Å². The molecule has 0 saturated carbocycles. The van der Waals surface area contributed by atoms with Crippen LogP contribution in [-0.4, -0.2) is 76.3 Å². The lowest BCUT2D eigenvalue weighted by molar-refractivity contribution is -0.272. The van der Waals surface area contributed by atoms with Crippen molar-refractivity contribution < 1.29 is 34.7 Å². The normalized spacial score (nSPS) is 21.6. The number of unbranched alkanes of at least 4 members (excludes halogenated alkanes) is 22. The molecule has 1 fully saturated rings. The quantitative estimate of drug-likeness (QED) is 0.0496. The van der Waals surface area contributed by atoms with Crippen molar-refractivity contribution in [3.05, 3.63) is 0 Å². The molecule has 0 spiro atoms. The number of carbonyl (C=O) groups excluding carboxylic acids is 1. The Balaban J connectivity index is 2.32. The van der Waals surface area contributed by atoms with Crippen LogP contribution in [0.2, 0.25) is 0 Å². The molecule has 8 nitrogen and oxygen atoms in total. The highest BCUT2D eigenvalue weighted by atomic mass is 16.7. The highest BCUT2D eigenvalue weighted by Crippen LogP contribution is 2.19. The van der Waals surface area contributed by atoms with Crippen LogP contribution in [0.1, 0.15) is 181 Å². The highest BCUT2D eigenvalue weighted by Gasteiger charge is 2.38. The van der Waals surface area contributed by atoms with E-state index >= 15 is 0 Å². The second-order valence-electron chi connectivity index (χ2n) is 13.6. The van der Waals surface area contributed by atoms with Crippen molar-refractivity contribution in [3.8, 4) is 0 Å². The first-order valence-corrected chi connectivity index (χ1v) is 19.2. The first-order valence-electron chi connectivity index (χ1n) is 19.2. The molecule has 1 rings (SSSR count). The molecule has 0 unspecified atom stereocenters. The number of rotatable bonds is 31. The van der Waals surface area contributed by atoms with Crippen molar-refractivity contribution in [3.63, 3.8) is 0 Å². The van der Waals surface area contributed by atoms with E-state index in [4.69, 9.17) is 9.47 Å². The van der Waals surface area contributed by atoms with E-state index in [9.17, 15) is 25.2 Å². The number of hydrogen-bond donors (Lipinski definition) is 5. The minimum Gasteiger partial charge on any atom is -0.391 e. The van der Waals surface area contributed by atoms with E-state index < -0.39 is 36.7 Å². The summed E-state index contributed by atoms with van der Waals surface area (Å²) in [6.45, 7) is 4.30. The molecule has 1 aliphatic rings. The van der Waals surface area contributed by atoms with Gasteiger partial charge in [-0.15, -0.1) is 0 Å². The third-order valence-corrected chi connectivity index (χ3v) is 9.32. The third kappa shape index (κ3) is 22.4. The number of nitrogens with one attached hydrogen (secondary N) is 1. The average molecular weight is 644 g/mol. The Labute approximate surface area is 276 Å². The van der Waals surface area contributed by atoms with Crippen LogP contribution in [-0.2, 0) is 14.3 Å². The van der Waals surface area contributed by atoms with Crippen molar-refractivity contribution >= 4 is 5.91 Å². The number of carbonyl (C=O) groups is 1. The van der Waals surface area contributed by atoms with Gasteiger partial charge in [-0.05, 0) is 12.8 Å². The van der Waals surface area contributed by atoms with Crippen molar-refractivity contribution in [1.82, 2.24) is 5.32 Å². The maximum atomic E-state index is 12.8. The van der Waals surface area contributed by atoms with Crippen molar-refractivity contribution in [2.45, 2.75) is 218 Å². The fourth-order valence-corrected chi connectivity index (χ4v) is 6.17. The molecule has 0 radical (unpaired) electrons. The standard InChI is InChI=1S/C37H73NO7/c1-3-5-7-9-11-13-15-16-18-19-21-23-25-27-32(39)31(29-44-37-36(43)35(42)33(40)30-45-37)38-34(41)28-26-24-22-20-17-14-12-10-8-6-4-2/h31-33,35-37,39-40,42-43H,3-30H2,1-2H3,(H,38,41)/t31-,32+,33+,35+,36-,37+/m0/s1. The summed E-state index contributed by atoms with van der Waals surface area (Å²) in [5.41, 5.74) is 0. The Morgan fingerprint density at radius 2 is 1.09 bits per heavy atom. The van der Waals surface area contributed by atoms with Gasteiger partial charge >= 0.3 is 0 Å². The minimum atomic E-state index is -1.40. The largest absolute Gasteiger partial charge is 0.391 e. The van der Waals surface area contributed by atoms with Crippen LogP contribution >= 0.6 is 0 Å². The molecule has 0 aromatic carbocycles. The molecule has 6 atom stereocenters. The van der Waals surface area contributed by atoms with Gasteiger partial charge in [-0.2, -0.15) is 0 Å². The number of aliphatic hydroxyl groups excluding tert-OH is 4. The Bertz CT molecular complexity index is 667. The lowest BCUT2D eigenvalue weighted by atomic mass is 10.0. The topological polar surface area (TPSA) is 128 Å². The van der Waals surface area contributed by atoms with Gasteiger partial charge in [0.15, 0.2) is 6.29 Å². The summed E-state index contributed by atoms with van der Waals surface area (Å²) in [4.78, 5) is 12.8. The smallest absolute Gasteiger partial charge is 0.220 e. The van der Waals surface area contributed by atoms with Gasteiger partial charge in [0.05, 0.1) is 25.4 Å². The van der Waals surface area contributed by atoms with Gasteiger partial charge in [0.1, 0.15) is 18.3 Å². The highest BCUT2D eigenvalue weighted by molar-refractivity contribution is 5.76. The average Bonchev–Trinajstić information content (AvgIpc) is 3.03. The molecule has 268 valence electrons. The summed E-state index contributed by atoms with van der Waals surface area (Å²) < 4.78 is 11.1. The van der Waals surface area contributed by atoms with E-state index in [-0.39, 0.29) is 19.1 Å². The summed E-state index contributed by atoms with van der Waals surface area (Å²) >= 11 is 0. The van der Waals surface area contributed by atoms with Crippen LogP contribution in [0.25, 0.3) is 0 Å². The Hall–Kier alpha value is -0.770. The van der Waals surface area contributed by atoms with Crippen LogP contribution in [0.3, 0.4) is 0 Å². The summed E-state index contributed by atoms with van der Waals surface area (Å²) in [5, 5.41) is 43.9. The van der Waals surface area contributed by atoms with Gasteiger partial charge in [-0.3, -0.25) is 4.79 Å². The minimum absolute atomic E-state index is 0.0475. The molecule has 0 aromatic rings. The SMILES string of the molecule is CCCCCCCCCCCCCCC[C@@H](O)[C@H](CO[C@@H]1OC[C@@H](O)[C@@H](O)[C@@H]1O)NC(=O)CCCCCCCCCCCCC. The Morgan fingerprint density at radius 1 is 0.667 bits per heavy atom. The number of amides is 1. The molecule has 1 heterocycles. The lowest BCUT2D eigenvalue weighted by Gasteiger charge is -2.36. The van der Waals surface area contributed by atoms with Crippen molar-refractivity contribution in [2.24, 2.45) is 0 Å². The van der Waals surface area contributed by atoms with Gasteiger partial charge < -0.3 is 35.2 Å². The molecule has 0 bridgehead atoms. The molecule has 0 aromatic heterocycles. The molecule has 1 amide bonds. The maximum absolute atomic E-state index is 12.8. The number of hydrogen-bond acceptors (Lipinski definition) is 7. The monoisotopic (exact) mass is 644 g/mol. The fourth-order valence-electron chi connectivity index (χ4n) is 6.17. The zero-order chi connectivity index (χ0) is 33.0. The molecule has 0 aliphatic carbocycles.